The first kappa shape index (κ1) is 18.8. The first-order valence-electron chi connectivity index (χ1n) is 7.88. The monoisotopic (exact) mass is 396 g/mol. The van der Waals surface area contributed by atoms with Crippen molar-refractivity contribution in [3.8, 4) is 17.4 Å². The zero-order valence-corrected chi connectivity index (χ0v) is 15.6. The Hall–Kier alpha value is -3.00. The molecule has 6 heteroatoms. The summed E-state index contributed by atoms with van der Waals surface area (Å²) in [5.74, 6) is -0.203. The van der Waals surface area contributed by atoms with Crippen molar-refractivity contribution in [2.45, 2.75) is 6.92 Å². The van der Waals surface area contributed by atoms with Gasteiger partial charge in [-0.2, -0.15) is 5.26 Å². The molecule has 0 atom stereocenters. The summed E-state index contributed by atoms with van der Waals surface area (Å²) in [6.07, 6.45) is 1.59. The van der Waals surface area contributed by atoms with Gasteiger partial charge in [0.2, 0.25) is 0 Å². The summed E-state index contributed by atoms with van der Waals surface area (Å²) in [4.78, 5) is 11.0. The van der Waals surface area contributed by atoms with E-state index >= 15 is 0 Å². The molecule has 4 nitrogen and oxygen atoms in total. The van der Waals surface area contributed by atoms with E-state index in [0.717, 1.165) is 11.1 Å². The number of allylic oxidation sites excluding steroid dienone is 1. The quantitative estimate of drug-likeness (QED) is 0.581. The number of carbonyl (C=O) groups excluding carboxylic acids is 1. The van der Waals surface area contributed by atoms with E-state index in [1.807, 2.05) is 0 Å². The van der Waals surface area contributed by atoms with Gasteiger partial charge in [-0.3, -0.25) is 0 Å². The molecule has 0 saturated heterocycles. The molecule has 0 radical (unpaired) electrons. The molecule has 0 bridgehead atoms. The van der Waals surface area contributed by atoms with Crippen LogP contribution in [0.25, 0.3) is 23.0 Å². The number of halogens is 2. The number of rotatable bonds is 4. The van der Waals surface area contributed by atoms with Crippen LogP contribution in [0, 0.1) is 18.3 Å². The van der Waals surface area contributed by atoms with E-state index < -0.39 is 5.97 Å². The number of carboxylic acid groups (broad SMARTS) is 1. The molecule has 0 unspecified atom stereocenters. The van der Waals surface area contributed by atoms with E-state index in [1.54, 1.807) is 49.4 Å². The summed E-state index contributed by atoms with van der Waals surface area (Å²) in [6.45, 7) is 1.79. The molecule has 3 aromatic rings. The molecule has 0 spiro atoms. The second-order valence-corrected chi connectivity index (χ2v) is 6.66. The Bertz CT molecular complexity index is 1110. The predicted molar refractivity (Wildman–Crippen MR) is 103 cm³/mol. The molecule has 1 heterocycles. The van der Waals surface area contributed by atoms with Crippen LogP contribution in [-0.2, 0) is 0 Å². The fourth-order valence-corrected chi connectivity index (χ4v) is 3.17. The standard InChI is InChI=1S/C21H13Cl2NO3/c1-12-8-13(21(25)26)2-5-17(12)20-7-4-16(27-20)9-14(11-24)18-6-3-15(22)10-19(18)23/h2-10H,1H3,(H,25,26)/p-1/b14-9+. The normalized spacial score (nSPS) is 11.3. The predicted octanol–water partition coefficient (Wildman–Crippen LogP) is 4.99. The SMILES string of the molecule is Cc1cc(C(=O)[O-])ccc1-c1ccc(/C=C(\C#N)c2ccc(Cl)cc2Cl)o1. The highest BCUT2D eigenvalue weighted by Gasteiger charge is 2.11. The summed E-state index contributed by atoms with van der Waals surface area (Å²) < 4.78 is 5.81. The fraction of sp³-hybridized carbons (Fsp3) is 0.0476. The van der Waals surface area contributed by atoms with Gasteiger partial charge < -0.3 is 14.3 Å². The van der Waals surface area contributed by atoms with Gasteiger partial charge in [0.25, 0.3) is 0 Å². The molecular formula is C21H12Cl2NO3-. The third kappa shape index (κ3) is 4.06. The van der Waals surface area contributed by atoms with Crippen LogP contribution in [0.1, 0.15) is 27.2 Å². The highest BCUT2D eigenvalue weighted by atomic mass is 35.5. The summed E-state index contributed by atoms with van der Waals surface area (Å²) in [6, 6.07) is 15.1. The van der Waals surface area contributed by atoms with Gasteiger partial charge in [0, 0.05) is 16.1 Å². The second-order valence-electron chi connectivity index (χ2n) is 5.81. The lowest BCUT2D eigenvalue weighted by molar-refractivity contribution is -0.255. The van der Waals surface area contributed by atoms with Gasteiger partial charge in [0.05, 0.1) is 22.6 Å². The third-order valence-corrected chi connectivity index (χ3v) is 4.53. The molecule has 0 amide bonds. The Morgan fingerprint density at radius 3 is 2.56 bits per heavy atom. The van der Waals surface area contributed by atoms with E-state index in [0.29, 0.717) is 32.7 Å². The van der Waals surface area contributed by atoms with Crippen molar-refractivity contribution in [2.75, 3.05) is 0 Å². The van der Waals surface area contributed by atoms with Crippen LogP contribution in [0.2, 0.25) is 10.0 Å². The Labute approximate surface area is 165 Å². The van der Waals surface area contributed by atoms with Crippen LogP contribution in [0.4, 0.5) is 0 Å². The molecule has 2 aromatic carbocycles. The maximum Gasteiger partial charge on any atom is 0.135 e. The molecule has 3 rings (SSSR count). The highest BCUT2D eigenvalue weighted by Crippen LogP contribution is 2.31. The lowest BCUT2D eigenvalue weighted by Crippen LogP contribution is -2.22. The average molecular weight is 397 g/mol. The van der Waals surface area contributed by atoms with Crippen molar-refractivity contribution < 1.29 is 14.3 Å². The van der Waals surface area contributed by atoms with Crippen molar-refractivity contribution in [1.82, 2.24) is 0 Å². The maximum atomic E-state index is 11.0. The van der Waals surface area contributed by atoms with E-state index in [9.17, 15) is 15.2 Å². The van der Waals surface area contributed by atoms with Gasteiger partial charge in [0.15, 0.2) is 0 Å². The smallest absolute Gasteiger partial charge is 0.135 e. The van der Waals surface area contributed by atoms with Gasteiger partial charge in [0.1, 0.15) is 11.5 Å². The fourth-order valence-electron chi connectivity index (χ4n) is 2.66. The summed E-state index contributed by atoms with van der Waals surface area (Å²) >= 11 is 12.1. The average Bonchev–Trinajstić information content (AvgIpc) is 3.08. The minimum absolute atomic E-state index is 0.104. The first-order valence-corrected chi connectivity index (χ1v) is 8.64. The first-order chi connectivity index (χ1) is 12.9. The van der Waals surface area contributed by atoms with E-state index in [4.69, 9.17) is 27.6 Å². The molecule has 27 heavy (non-hydrogen) atoms. The Kier molecular flexibility index (Phi) is 5.36. The number of benzene rings is 2. The van der Waals surface area contributed by atoms with E-state index in [1.165, 1.54) is 12.1 Å². The molecule has 1 aromatic heterocycles. The van der Waals surface area contributed by atoms with Crippen molar-refractivity contribution in [2.24, 2.45) is 0 Å². The summed E-state index contributed by atoms with van der Waals surface area (Å²) in [5.41, 5.74) is 2.48. The van der Waals surface area contributed by atoms with Crippen molar-refractivity contribution >= 4 is 40.8 Å². The molecule has 0 saturated carbocycles. The Morgan fingerprint density at radius 2 is 1.93 bits per heavy atom. The zero-order valence-electron chi connectivity index (χ0n) is 14.1. The van der Waals surface area contributed by atoms with Crippen molar-refractivity contribution in [3.63, 3.8) is 0 Å². The molecule has 0 N–H and O–H groups in total. The minimum atomic E-state index is -1.23. The number of carboxylic acids is 1. The van der Waals surface area contributed by atoms with Gasteiger partial charge in [-0.15, -0.1) is 0 Å². The Balaban J connectivity index is 1.96. The lowest BCUT2D eigenvalue weighted by Gasteiger charge is -2.07. The minimum Gasteiger partial charge on any atom is -0.545 e. The number of aryl methyl sites for hydroxylation is 1. The number of aromatic carboxylic acids is 1. The van der Waals surface area contributed by atoms with Crippen molar-refractivity contribution in [1.29, 1.82) is 5.26 Å². The van der Waals surface area contributed by atoms with Gasteiger partial charge in [-0.1, -0.05) is 41.4 Å². The molecule has 0 aliphatic heterocycles. The van der Waals surface area contributed by atoms with Crippen LogP contribution < -0.4 is 5.11 Å². The van der Waals surface area contributed by atoms with Crippen molar-refractivity contribution in [3.05, 3.63) is 81.0 Å². The number of hydrogen-bond acceptors (Lipinski definition) is 4. The Morgan fingerprint density at radius 1 is 1.15 bits per heavy atom. The number of hydrogen-bond donors (Lipinski definition) is 0. The van der Waals surface area contributed by atoms with Crippen LogP contribution in [-0.4, -0.2) is 5.97 Å². The second kappa shape index (κ2) is 7.71. The van der Waals surface area contributed by atoms with Gasteiger partial charge in [-0.05, 0) is 54.5 Å². The van der Waals surface area contributed by atoms with Crippen LogP contribution >= 0.6 is 23.2 Å². The maximum absolute atomic E-state index is 11.0. The molecule has 134 valence electrons. The molecular weight excluding hydrogens is 385 g/mol. The zero-order chi connectivity index (χ0) is 19.6. The molecule has 0 aliphatic carbocycles. The number of furan rings is 1. The van der Waals surface area contributed by atoms with Gasteiger partial charge >= 0.3 is 0 Å². The third-order valence-electron chi connectivity index (χ3n) is 3.98. The highest BCUT2D eigenvalue weighted by molar-refractivity contribution is 6.36. The largest absolute Gasteiger partial charge is 0.545 e. The van der Waals surface area contributed by atoms with Gasteiger partial charge in [-0.25, -0.2) is 0 Å². The van der Waals surface area contributed by atoms with Crippen LogP contribution in [0.15, 0.2) is 52.9 Å². The molecule has 0 aliphatic rings. The topological polar surface area (TPSA) is 77.1 Å². The van der Waals surface area contributed by atoms with E-state index in [2.05, 4.69) is 6.07 Å². The van der Waals surface area contributed by atoms with Crippen LogP contribution in [0.5, 0.6) is 0 Å². The summed E-state index contributed by atoms with van der Waals surface area (Å²) in [5, 5.41) is 21.3. The number of carbonyl (C=O) groups is 1. The number of nitriles is 1. The summed E-state index contributed by atoms with van der Waals surface area (Å²) in [7, 11) is 0. The number of nitrogens with zero attached hydrogens (tertiary/aromatic N) is 1. The molecule has 0 fully saturated rings. The lowest BCUT2D eigenvalue weighted by atomic mass is 10.0. The van der Waals surface area contributed by atoms with E-state index in [-0.39, 0.29) is 5.56 Å². The van der Waals surface area contributed by atoms with Crippen LogP contribution in [0.3, 0.4) is 0 Å².